The number of hydrogen-bond acceptors (Lipinski definition) is 3. The van der Waals surface area contributed by atoms with Crippen molar-refractivity contribution in [1.82, 2.24) is 9.88 Å². The van der Waals surface area contributed by atoms with Crippen molar-refractivity contribution in [3.8, 4) is 11.1 Å². The van der Waals surface area contributed by atoms with E-state index in [2.05, 4.69) is 4.98 Å². The van der Waals surface area contributed by atoms with Gasteiger partial charge in [0.2, 0.25) is 0 Å². The fraction of sp³-hybridized carbons (Fsp3) is 0.200. The lowest BCUT2D eigenvalue weighted by molar-refractivity contribution is 0.0302. The summed E-state index contributed by atoms with van der Waals surface area (Å²) in [4.78, 5) is 18.2. The molecule has 1 fully saturated rings. The van der Waals surface area contributed by atoms with Crippen molar-refractivity contribution in [2.45, 2.75) is 0 Å². The van der Waals surface area contributed by atoms with Gasteiger partial charge in [-0.25, -0.2) is 8.78 Å². The number of pyridine rings is 1. The number of halogens is 3. The van der Waals surface area contributed by atoms with Crippen molar-refractivity contribution in [3.05, 3.63) is 64.8 Å². The highest BCUT2D eigenvalue weighted by Crippen LogP contribution is 2.32. The van der Waals surface area contributed by atoms with Crippen molar-refractivity contribution in [2.75, 3.05) is 26.3 Å². The molecule has 4 rings (SSSR count). The fourth-order valence-corrected chi connectivity index (χ4v) is 3.36. The van der Waals surface area contributed by atoms with E-state index in [4.69, 9.17) is 16.3 Å². The molecule has 1 saturated heterocycles. The molecule has 2 aromatic carbocycles. The zero-order chi connectivity index (χ0) is 19.0. The van der Waals surface area contributed by atoms with Gasteiger partial charge >= 0.3 is 0 Å². The van der Waals surface area contributed by atoms with E-state index in [0.717, 1.165) is 6.07 Å². The molecule has 1 aromatic heterocycles. The number of rotatable bonds is 2. The summed E-state index contributed by atoms with van der Waals surface area (Å²) in [6, 6.07) is 8.35. The van der Waals surface area contributed by atoms with E-state index in [1.165, 1.54) is 30.5 Å². The SMILES string of the molecule is O=C(c1ccc(-c2cc3c(Cl)ccnc3cc2F)c(F)c1)N1CCOCC1. The number of fused-ring (bicyclic) bond motifs is 1. The predicted molar refractivity (Wildman–Crippen MR) is 98.8 cm³/mol. The minimum absolute atomic E-state index is 0.0628. The highest BCUT2D eigenvalue weighted by atomic mass is 35.5. The Balaban J connectivity index is 1.72. The first-order chi connectivity index (χ1) is 13.0. The Labute approximate surface area is 159 Å². The van der Waals surface area contributed by atoms with Gasteiger partial charge in [-0.1, -0.05) is 17.7 Å². The lowest BCUT2D eigenvalue weighted by atomic mass is 10.00. The summed E-state index contributed by atoms with van der Waals surface area (Å²) in [5.41, 5.74) is 0.746. The average molecular weight is 389 g/mol. The molecule has 1 amide bonds. The topological polar surface area (TPSA) is 42.4 Å². The summed E-state index contributed by atoms with van der Waals surface area (Å²) in [6.07, 6.45) is 1.48. The lowest BCUT2D eigenvalue weighted by Crippen LogP contribution is -2.40. The van der Waals surface area contributed by atoms with Crippen LogP contribution in [0.1, 0.15) is 10.4 Å². The number of morpholine rings is 1. The summed E-state index contributed by atoms with van der Waals surface area (Å²) in [5.74, 6) is -1.55. The normalized spacial score (nSPS) is 14.6. The van der Waals surface area contributed by atoms with E-state index in [1.807, 2.05) is 0 Å². The smallest absolute Gasteiger partial charge is 0.254 e. The number of amides is 1. The second-order valence-corrected chi connectivity index (χ2v) is 6.65. The summed E-state index contributed by atoms with van der Waals surface area (Å²) < 4.78 is 34.5. The van der Waals surface area contributed by atoms with Crippen LogP contribution in [0.2, 0.25) is 5.02 Å². The number of aromatic nitrogens is 1. The molecule has 0 saturated carbocycles. The van der Waals surface area contributed by atoms with Gasteiger partial charge in [0.05, 0.1) is 23.8 Å². The molecule has 2 heterocycles. The second-order valence-electron chi connectivity index (χ2n) is 6.24. The molecular formula is C20H15ClF2N2O2. The fourth-order valence-electron chi connectivity index (χ4n) is 3.16. The maximum Gasteiger partial charge on any atom is 0.254 e. The first kappa shape index (κ1) is 17.8. The summed E-state index contributed by atoms with van der Waals surface area (Å²) in [5, 5.41) is 0.934. The Bertz CT molecular complexity index is 1040. The van der Waals surface area contributed by atoms with Gasteiger partial charge in [0.1, 0.15) is 11.6 Å². The minimum Gasteiger partial charge on any atom is -0.378 e. The van der Waals surface area contributed by atoms with Crippen LogP contribution in [0.15, 0.2) is 42.6 Å². The molecule has 138 valence electrons. The molecule has 0 radical (unpaired) electrons. The Morgan fingerprint density at radius 2 is 1.78 bits per heavy atom. The van der Waals surface area contributed by atoms with Crippen molar-refractivity contribution in [2.24, 2.45) is 0 Å². The summed E-state index contributed by atoms with van der Waals surface area (Å²) in [6.45, 7) is 1.85. The van der Waals surface area contributed by atoms with Gasteiger partial charge in [0.25, 0.3) is 5.91 Å². The summed E-state index contributed by atoms with van der Waals surface area (Å²) >= 11 is 6.14. The van der Waals surface area contributed by atoms with Gasteiger partial charge in [-0.3, -0.25) is 9.78 Å². The van der Waals surface area contributed by atoms with Crippen LogP contribution >= 0.6 is 11.6 Å². The Hall–Kier alpha value is -2.57. The van der Waals surface area contributed by atoms with Crippen LogP contribution in [0, 0.1) is 11.6 Å². The Morgan fingerprint density at radius 3 is 2.52 bits per heavy atom. The van der Waals surface area contributed by atoms with Crippen LogP contribution < -0.4 is 0 Å². The molecule has 0 bridgehead atoms. The van der Waals surface area contributed by atoms with E-state index in [0.29, 0.717) is 42.2 Å². The largest absolute Gasteiger partial charge is 0.378 e. The molecule has 27 heavy (non-hydrogen) atoms. The third-order valence-corrected chi connectivity index (χ3v) is 4.91. The molecule has 0 atom stereocenters. The molecule has 0 spiro atoms. The minimum atomic E-state index is -0.674. The molecule has 0 aliphatic carbocycles. The molecular weight excluding hydrogens is 374 g/mol. The van der Waals surface area contributed by atoms with Gasteiger partial charge in [0, 0.05) is 47.4 Å². The Morgan fingerprint density at radius 1 is 1.04 bits per heavy atom. The first-order valence-electron chi connectivity index (χ1n) is 8.45. The van der Waals surface area contributed by atoms with E-state index in [-0.39, 0.29) is 22.6 Å². The van der Waals surface area contributed by atoms with Crippen molar-refractivity contribution >= 4 is 28.4 Å². The van der Waals surface area contributed by atoms with Gasteiger partial charge in [-0.05, 0) is 24.3 Å². The average Bonchev–Trinajstić information content (AvgIpc) is 2.68. The van der Waals surface area contributed by atoms with Crippen LogP contribution in [0.4, 0.5) is 8.78 Å². The second kappa shape index (κ2) is 7.21. The zero-order valence-electron chi connectivity index (χ0n) is 14.2. The maximum absolute atomic E-state index is 14.7. The lowest BCUT2D eigenvalue weighted by Gasteiger charge is -2.27. The molecule has 3 aromatic rings. The predicted octanol–water partition coefficient (Wildman–Crippen LogP) is 4.31. The third-order valence-electron chi connectivity index (χ3n) is 4.58. The highest BCUT2D eigenvalue weighted by Gasteiger charge is 2.21. The standard InChI is InChI=1S/C20H15ClF2N2O2/c21-16-3-4-24-19-11-18(23)14(10-15(16)19)13-2-1-12(9-17(13)22)20(26)25-5-7-27-8-6-25/h1-4,9-11H,5-8H2. The molecule has 4 nitrogen and oxygen atoms in total. The van der Waals surface area contributed by atoms with E-state index in [9.17, 15) is 13.6 Å². The number of carbonyl (C=O) groups excluding carboxylic acids is 1. The van der Waals surface area contributed by atoms with Gasteiger partial charge in [-0.2, -0.15) is 0 Å². The number of hydrogen-bond donors (Lipinski definition) is 0. The van der Waals surface area contributed by atoms with Crippen LogP contribution in [0.3, 0.4) is 0 Å². The van der Waals surface area contributed by atoms with Crippen LogP contribution in [-0.2, 0) is 4.74 Å². The van der Waals surface area contributed by atoms with Crippen LogP contribution in [-0.4, -0.2) is 42.1 Å². The zero-order valence-corrected chi connectivity index (χ0v) is 15.0. The van der Waals surface area contributed by atoms with Crippen LogP contribution in [0.25, 0.3) is 22.0 Å². The van der Waals surface area contributed by atoms with E-state index in [1.54, 1.807) is 11.0 Å². The van der Waals surface area contributed by atoms with E-state index < -0.39 is 11.6 Å². The first-order valence-corrected chi connectivity index (χ1v) is 8.83. The van der Waals surface area contributed by atoms with E-state index >= 15 is 0 Å². The number of carbonyl (C=O) groups is 1. The molecule has 0 unspecified atom stereocenters. The maximum atomic E-state index is 14.7. The molecule has 7 heteroatoms. The molecule has 1 aliphatic rings. The number of benzene rings is 2. The number of nitrogens with zero attached hydrogens (tertiary/aromatic N) is 2. The van der Waals surface area contributed by atoms with Gasteiger partial charge in [-0.15, -0.1) is 0 Å². The third kappa shape index (κ3) is 3.38. The van der Waals surface area contributed by atoms with Crippen molar-refractivity contribution in [1.29, 1.82) is 0 Å². The van der Waals surface area contributed by atoms with Crippen LogP contribution in [0.5, 0.6) is 0 Å². The molecule has 1 aliphatic heterocycles. The number of ether oxygens (including phenoxy) is 1. The van der Waals surface area contributed by atoms with Gasteiger partial charge < -0.3 is 9.64 Å². The Kier molecular flexibility index (Phi) is 4.76. The quantitative estimate of drug-likeness (QED) is 0.657. The van der Waals surface area contributed by atoms with Crippen molar-refractivity contribution in [3.63, 3.8) is 0 Å². The summed E-state index contributed by atoms with van der Waals surface area (Å²) in [7, 11) is 0. The highest BCUT2D eigenvalue weighted by molar-refractivity contribution is 6.35. The monoisotopic (exact) mass is 388 g/mol. The molecule has 0 N–H and O–H groups in total. The van der Waals surface area contributed by atoms with Crippen molar-refractivity contribution < 1.29 is 18.3 Å². The van der Waals surface area contributed by atoms with Gasteiger partial charge in [0.15, 0.2) is 0 Å².